The van der Waals surface area contributed by atoms with Gasteiger partial charge in [0.05, 0.1) is 11.3 Å². The van der Waals surface area contributed by atoms with Gasteiger partial charge in [-0.1, -0.05) is 18.2 Å². The highest BCUT2D eigenvalue weighted by atomic mass is 16.5. The van der Waals surface area contributed by atoms with Gasteiger partial charge in [0, 0.05) is 20.3 Å². The van der Waals surface area contributed by atoms with Gasteiger partial charge in [-0.25, -0.2) is 0 Å². The van der Waals surface area contributed by atoms with Crippen LogP contribution in [0.4, 0.5) is 5.69 Å². The molecule has 2 N–H and O–H groups in total. The van der Waals surface area contributed by atoms with E-state index in [1.807, 2.05) is 12.1 Å². The van der Waals surface area contributed by atoms with Crippen molar-refractivity contribution in [1.82, 2.24) is 5.32 Å². The predicted molar refractivity (Wildman–Crippen MR) is 117 cm³/mol. The van der Waals surface area contributed by atoms with Crippen LogP contribution in [0, 0.1) is 0 Å². The predicted octanol–water partition coefficient (Wildman–Crippen LogP) is 3.74. The van der Waals surface area contributed by atoms with Crippen molar-refractivity contribution in [3.63, 3.8) is 0 Å². The Kier molecular flexibility index (Phi) is 7.85. The fourth-order valence-electron chi connectivity index (χ4n) is 3.58. The number of benzene rings is 2. The molecule has 2 aromatic carbocycles. The van der Waals surface area contributed by atoms with Crippen molar-refractivity contribution in [2.24, 2.45) is 0 Å². The van der Waals surface area contributed by atoms with Crippen LogP contribution in [-0.2, 0) is 22.4 Å². The molecule has 0 radical (unpaired) electrons. The molecule has 1 atom stereocenters. The number of amides is 2. The quantitative estimate of drug-likeness (QED) is 0.618. The van der Waals surface area contributed by atoms with E-state index in [1.54, 1.807) is 38.3 Å². The van der Waals surface area contributed by atoms with Crippen molar-refractivity contribution < 1.29 is 19.1 Å². The van der Waals surface area contributed by atoms with Gasteiger partial charge in [-0.15, -0.1) is 0 Å². The highest BCUT2D eigenvalue weighted by Crippen LogP contribution is 2.26. The summed E-state index contributed by atoms with van der Waals surface area (Å²) >= 11 is 0. The van der Waals surface area contributed by atoms with Gasteiger partial charge in [0.25, 0.3) is 11.8 Å². The second-order valence-corrected chi connectivity index (χ2v) is 7.53. The number of hydrogen-bond donors (Lipinski definition) is 2. The van der Waals surface area contributed by atoms with Crippen LogP contribution in [0.1, 0.15) is 47.7 Å². The molecule has 0 spiro atoms. The SMILES string of the molecule is COCCCNC(=O)c1ccccc1NC(=O)C(C)Oc1ccc2c(c1)CCCC2. The van der Waals surface area contributed by atoms with Crippen LogP contribution in [-0.4, -0.2) is 38.2 Å². The lowest BCUT2D eigenvalue weighted by molar-refractivity contribution is -0.122. The number of para-hydroxylation sites is 1. The van der Waals surface area contributed by atoms with Crippen molar-refractivity contribution in [3.05, 3.63) is 59.2 Å². The second-order valence-electron chi connectivity index (χ2n) is 7.53. The molecule has 0 aliphatic heterocycles. The van der Waals surface area contributed by atoms with E-state index in [0.717, 1.165) is 19.3 Å². The van der Waals surface area contributed by atoms with Crippen LogP contribution in [0.3, 0.4) is 0 Å². The van der Waals surface area contributed by atoms with Crippen molar-refractivity contribution in [3.8, 4) is 5.75 Å². The lowest BCUT2D eigenvalue weighted by Gasteiger charge is -2.19. The van der Waals surface area contributed by atoms with Crippen molar-refractivity contribution in [2.75, 3.05) is 25.6 Å². The Morgan fingerprint density at radius 1 is 1.07 bits per heavy atom. The zero-order chi connectivity index (χ0) is 21.3. The average Bonchev–Trinajstić information content (AvgIpc) is 2.77. The van der Waals surface area contributed by atoms with E-state index in [0.29, 0.717) is 30.2 Å². The molecule has 0 bridgehead atoms. The maximum absolute atomic E-state index is 12.7. The minimum atomic E-state index is -0.690. The maximum atomic E-state index is 12.7. The number of nitrogens with one attached hydrogen (secondary N) is 2. The number of fused-ring (bicyclic) bond motifs is 1. The molecule has 2 aromatic rings. The Hall–Kier alpha value is -2.86. The molecule has 1 aliphatic rings. The lowest BCUT2D eigenvalue weighted by Crippen LogP contribution is -2.32. The first-order valence-electron chi connectivity index (χ1n) is 10.5. The average molecular weight is 411 g/mol. The Bertz CT molecular complexity index is 881. The Labute approximate surface area is 178 Å². The summed E-state index contributed by atoms with van der Waals surface area (Å²) in [5.74, 6) is 0.167. The van der Waals surface area contributed by atoms with Gasteiger partial charge in [0.2, 0.25) is 0 Å². The summed E-state index contributed by atoms with van der Waals surface area (Å²) in [7, 11) is 1.63. The molecule has 3 rings (SSSR count). The standard InChI is InChI=1S/C24H30N2O4/c1-17(30-20-13-12-18-8-3-4-9-19(18)16-20)23(27)26-22-11-6-5-10-21(22)24(28)25-14-7-15-29-2/h5-6,10-13,16-17H,3-4,7-9,14-15H2,1-2H3,(H,25,28)(H,26,27). The topological polar surface area (TPSA) is 76.7 Å². The van der Waals surface area contributed by atoms with Crippen LogP contribution in [0.15, 0.2) is 42.5 Å². The van der Waals surface area contributed by atoms with Crippen molar-refractivity contribution in [1.29, 1.82) is 0 Å². The molecule has 0 aromatic heterocycles. The van der Waals surface area contributed by atoms with Gasteiger partial charge in [-0.2, -0.15) is 0 Å². The van der Waals surface area contributed by atoms with Crippen LogP contribution in [0.5, 0.6) is 5.75 Å². The van der Waals surface area contributed by atoms with Crippen LogP contribution in [0.25, 0.3) is 0 Å². The summed E-state index contributed by atoms with van der Waals surface area (Å²) in [6.07, 6.45) is 4.62. The Balaban J connectivity index is 1.60. The molecule has 6 heteroatoms. The monoisotopic (exact) mass is 410 g/mol. The Morgan fingerprint density at radius 3 is 2.63 bits per heavy atom. The van der Waals surface area contributed by atoms with Crippen LogP contribution >= 0.6 is 0 Å². The third kappa shape index (κ3) is 5.83. The normalized spacial score (nSPS) is 13.8. The highest BCUT2D eigenvalue weighted by Gasteiger charge is 2.19. The summed E-state index contributed by atoms with van der Waals surface area (Å²) in [5.41, 5.74) is 3.56. The molecule has 160 valence electrons. The summed E-state index contributed by atoms with van der Waals surface area (Å²) in [4.78, 5) is 25.2. The number of carbonyl (C=O) groups is 2. The maximum Gasteiger partial charge on any atom is 0.265 e. The number of hydrogen-bond acceptors (Lipinski definition) is 4. The summed E-state index contributed by atoms with van der Waals surface area (Å²) in [6.45, 7) is 2.80. The van der Waals surface area contributed by atoms with Crippen molar-refractivity contribution >= 4 is 17.5 Å². The third-order valence-corrected chi connectivity index (χ3v) is 5.24. The third-order valence-electron chi connectivity index (χ3n) is 5.24. The van der Waals surface area contributed by atoms with Gasteiger partial charge < -0.3 is 20.1 Å². The molecule has 2 amide bonds. The first-order valence-corrected chi connectivity index (χ1v) is 10.5. The lowest BCUT2D eigenvalue weighted by atomic mass is 9.92. The van der Waals surface area contributed by atoms with Gasteiger partial charge >= 0.3 is 0 Å². The molecular formula is C24H30N2O4. The smallest absolute Gasteiger partial charge is 0.265 e. The molecule has 0 saturated heterocycles. The molecule has 0 fully saturated rings. The number of ether oxygens (including phenoxy) is 2. The van der Waals surface area contributed by atoms with E-state index in [4.69, 9.17) is 9.47 Å². The Morgan fingerprint density at radius 2 is 1.83 bits per heavy atom. The number of methoxy groups -OCH3 is 1. The number of rotatable bonds is 9. The van der Waals surface area contributed by atoms with E-state index in [9.17, 15) is 9.59 Å². The molecule has 1 unspecified atom stereocenters. The minimum absolute atomic E-state index is 0.231. The van der Waals surface area contributed by atoms with Crippen molar-refractivity contribution in [2.45, 2.75) is 45.1 Å². The van der Waals surface area contributed by atoms with Gasteiger partial charge in [-0.05, 0) is 74.4 Å². The van der Waals surface area contributed by atoms with Crippen LogP contribution < -0.4 is 15.4 Å². The first-order chi connectivity index (χ1) is 14.6. The number of aryl methyl sites for hydroxylation is 2. The first kappa shape index (κ1) is 21.8. The van der Waals surface area contributed by atoms with Gasteiger partial charge in [0.15, 0.2) is 6.10 Å². The summed E-state index contributed by atoms with van der Waals surface area (Å²) in [5, 5.41) is 5.67. The molecule has 1 aliphatic carbocycles. The summed E-state index contributed by atoms with van der Waals surface area (Å²) in [6, 6.07) is 13.0. The van der Waals surface area contributed by atoms with E-state index in [1.165, 1.54) is 24.0 Å². The fraction of sp³-hybridized carbons (Fsp3) is 0.417. The molecular weight excluding hydrogens is 380 g/mol. The van der Waals surface area contributed by atoms with E-state index in [2.05, 4.69) is 16.7 Å². The van der Waals surface area contributed by atoms with E-state index in [-0.39, 0.29) is 11.8 Å². The zero-order valence-electron chi connectivity index (χ0n) is 17.7. The zero-order valence-corrected chi connectivity index (χ0v) is 17.7. The molecule has 6 nitrogen and oxygen atoms in total. The number of carbonyl (C=O) groups excluding carboxylic acids is 2. The molecule has 0 saturated carbocycles. The second kappa shape index (κ2) is 10.8. The minimum Gasteiger partial charge on any atom is -0.481 e. The van der Waals surface area contributed by atoms with E-state index >= 15 is 0 Å². The highest BCUT2D eigenvalue weighted by molar-refractivity contribution is 6.04. The molecule has 0 heterocycles. The summed E-state index contributed by atoms with van der Waals surface area (Å²) < 4.78 is 10.9. The fourth-order valence-corrected chi connectivity index (χ4v) is 3.58. The van der Waals surface area contributed by atoms with Crippen LogP contribution in [0.2, 0.25) is 0 Å². The van der Waals surface area contributed by atoms with E-state index < -0.39 is 6.10 Å². The largest absolute Gasteiger partial charge is 0.481 e. The van der Waals surface area contributed by atoms with Gasteiger partial charge in [-0.3, -0.25) is 9.59 Å². The molecule has 30 heavy (non-hydrogen) atoms. The number of anilines is 1. The van der Waals surface area contributed by atoms with Gasteiger partial charge in [0.1, 0.15) is 5.75 Å².